The predicted octanol–water partition coefficient (Wildman–Crippen LogP) is 3.24. The van der Waals surface area contributed by atoms with Crippen molar-refractivity contribution in [3.63, 3.8) is 0 Å². The van der Waals surface area contributed by atoms with Crippen molar-refractivity contribution < 1.29 is 4.74 Å². The molecule has 2 aliphatic rings. The van der Waals surface area contributed by atoms with Crippen molar-refractivity contribution in [1.82, 2.24) is 15.5 Å². The van der Waals surface area contributed by atoms with E-state index in [4.69, 9.17) is 4.74 Å². The summed E-state index contributed by atoms with van der Waals surface area (Å²) < 4.78 is 5.88. The van der Waals surface area contributed by atoms with E-state index >= 15 is 0 Å². The minimum absolute atomic E-state index is 0.0859. The molecule has 1 unspecified atom stereocenters. The second-order valence-electron chi connectivity index (χ2n) is 9.05. The van der Waals surface area contributed by atoms with E-state index in [1.54, 1.807) is 0 Å². The second kappa shape index (κ2) is 10.8. The summed E-state index contributed by atoms with van der Waals surface area (Å²) in [6.07, 6.45) is 2.23. The van der Waals surface area contributed by atoms with Gasteiger partial charge in [-0.1, -0.05) is 42.5 Å². The maximum atomic E-state index is 5.88. The average molecular weight is 436 g/mol. The van der Waals surface area contributed by atoms with Crippen LogP contribution in [0.1, 0.15) is 30.9 Å². The molecule has 6 nitrogen and oxygen atoms in total. The number of ether oxygens (including phenoxy) is 1. The maximum absolute atomic E-state index is 5.88. The Kier molecular flexibility index (Phi) is 7.66. The smallest absolute Gasteiger partial charge is 0.191 e. The molecule has 0 spiro atoms. The fraction of sp³-hybridized carbons (Fsp3) is 0.500. The Morgan fingerprint density at radius 1 is 0.969 bits per heavy atom. The van der Waals surface area contributed by atoms with Gasteiger partial charge < -0.3 is 20.3 Å². The summed E-state index contributed by atoms with van der Waals surface area (Å²) in [5.41, 5.74) is 3.95. The molecule has 0 amide bonds. The summed E-state index contributed by atoms with van der Waals surface area (Å²) in [6.45, 7) is 9.86. The van der Waals surface area contributed by atoms with E-state index < -0.39 is 0 Å². The Bertz CT molecular complexity index is 871. The van der Waals surface area contributed by atoms with Crippen LogP contribution >= 0.6 is 0 Å². The zero-order valence-electron chi connectivity index (χ0n) is 19.5. The van der Waals surface area contributed by atoms with Gasteiger partial charge in [0.15, 0.2) is 5.96 Å². The van der Waals surface area contributed by atoms with Crippen LogP contribution in [0.5, 0.6) is 0 Å². The largest absolute Gasteiger partial charge is 0.373 e. The van der Waals surface area contributed by atoms with Gasteiger partial charge in [-0.05, 0) is 43.0 Å². The minimum Gasteiger partial charge on any atom is -0.373 e. The van der Waals surface area contributed by atoms with E-state index in [0.29, 0.717) is 0 Å². The van der Waals surface area contributed by atoms with Crippen molar-refractivity contribution in [2.45, 2.75) is 38.5 Å². The predicted molar refractivity (Wildman–Crippen MR) is 132 cm³/mol. The molecule has 32 heavy (non-hydrogen) atoms. The number of aliphatic imine (C=N–C) groups is 1. The first-order valence-electron chi connectivity index (χ1n) is 11.8. The third-order valence-corrected chi connectivity index (χ3v) is 6.61. The van der Waals surface area contributed by atoms with Crippen molar-refractivity contribution in [2.24, 2.45) is 4.99 Å². The SMILES string of the molecule is CN=C(NCc1ccccc1CN1CCN(c2ccccc2)CC1)NCC1(C)CCCO1. The van der Waals surface area contributed by atoms with Gasteiger partial charge in [-0.3, -0.25) is 9.89 Å². The van der Waals surface area contributed by atoms with Gasteiger partial charge in [-0.2, -0.15) is 0 Å². The molecule has 0 bridgehead atoms. The van der Waals surface area contributed by atoms with Crippen LogP contribution in [0.25, 0.3) is 0 Å². The number of nitrogens with one attached hydrogen (secondary N) is 2. The highest BCUT2D eigenvalue weighted by Gasteiger charge is 2.29. The fourth-order valence-corrected chi connectivity index (χ4v) is 4.57. The maximum Gasteiger partial charge on any atom is 0.191 e. The third-order valence-electron chi connectivity index (χ3n) is 6.61. The number of nitrogens with zero attached hydrogens (tertiary/aromatic N) is 3. The van der Waals surface area contributed by atoms with Gasteiger partial charge in [-0.15, -0.1) is 0 Å². The quantitative estimate of drug-likeness (QED) is 0.517. The number of hydrogen-bond acceptors (Lipinski definition) is 4. The van der Waals surface area contributed by atoms with Crippen LogP contribution in [0.15, 0.2) is 59.6 Å². The van der Waals surface area contributed by atoms with Gasteiger partial charge in [-0.25, -0.2) is 0 Å². The normalized spacial score (nSPS) is 22.2. The Hall–Kier alpha value is -2.57. The molecule has 2 fully saturated rings. The van der Waals surface area contributed by atoms with E-state index in [-0.39, 0.29) is 5.60 Å². The molecule has 0 saturated carbocycles. The first-order valence-corrected chi connectivity index (χ1v) is 11.8. The fourth-order valence-electron chi connectivity index (χ4n) is 4.57. The lowest BCUT2D eigenvalue weighted by Crippen LogP contribution is -2.46. The number of rotatable bonds is 7. The number of benzene rings is 2. The van der Waals surface area contributed by atoms with Gasteiger partial charge in [0.25, 0.3) is 0 Å². The lowest BCUT2D eigenvalue weighted by molar-refractivity contribution is 0.0243. The molecule has 2 heterocycles. The molecular weight excluding hydrogens is 398 g/mol. The second-order valence-corrected chi connectivity index (χ2v) is 9.05. The van der Waals surface area contributed by atoms with Crippen molar-refractivity contribution in [2.75, 3.05) is 51.3 Å². The average Bonchev–Trinajstić information content (AvgIpc) is 3.28. The minimum atomic E-state index is -0.0859. The Labute approximate surface area is 192 Å². The molecule has 2 aromatic rings. The van der Waals surface area contributed by atoms with E-state index in [1.807, 2.05) is 7.05 Å². The highest BCUT2D eigenvalue weighted by molar-refractivity contribution is 5.79. The van der Waals surface area contributed by atoms with Crippen LogP contribution in [0.3, 0.4) is 0 Å². The van der Waals surface area contributed by atoms with Crippen molar-refractivity contribution in [3.05, 3.63) is 65.7 Å². The summed E-state index contributed by atoms with van der Waals surface area (Å²) in [5, 5.41) is 6.93. The van der Waals surface area contributed by atoms with Crippen LogP contribution in [-0.4, -0.2) is 62.8 Å². The molecule has 2 aliphatic heterocycles. The highest BCUT2D eigenvalue weighted by atomic mass is 16.5. The molecule has 1 atom stereocenters. The highest BCUT2D eigenvalue weighted by Crippen LogP contribution is 2.24. The van der Waals surface area contributed by atoms with Gasteiger partial charge >= 0.3 is 0 Å². The Morgan fingerprint density at radius 3 is 2.38 bits per heavy atom. The van der Waals surface area contributed by atoms with Gasteiger partial charge in [0.05, 0.1) is 5.60 Å². The van der Waals surface area contributed by atoms with Crippen LogP contribution < -0.4 is 15.5 Å². The van der Waals surface area contributed by atoms with E-state index in [2.05, 4.69) is 86.9 Å². The summed E-state index contributed by atoms with van der Waals surface area (Å²) in [6, 6.07) is 19.5. The third kappa shape index (κ3) is 6.02. The number of guanidine groups is 1. The van der Waals surface area contributed by atoms with Crippen LogP contribution in [0, 0.1) is 0 Å². The monoisotopic (exact) mass is 435 g/mol. The first kappa shape index (κ1) is 22.6. The molecule has 0 aliphatic carbocycles. The molecule has 0 radical (unpaired) electrons. The molecule has 2 saturated heterocycles. The molecule has 0 aromatic heterocycles. The molecule has 172 valence electrons. The summed E-state index contributed by atoms with van der Waals surface area (Å²) in [4.78, 5) is 9.44. The van der Waals surface area contributed by atoms with Gasteiger partial charge in [0, 0.05) is 65.2 Å². The van der Waals surface area contributed by atoms with Gasteiger partial charge in [0.1, 0.15) is 0 Å². The lowest BCUT2D eigenvalue weighted by atomic mass is 10.0. The zero-order chi connectivity index (χ0) is 22.2. The molecule has 4 rings (SSSR count). The van der Waals surface area contributed by atoms with Crippen LogP contribution in [0.2, 0.25) is 0 Å². The van der Waals surface area contributed by atoms with E-state index in [9.17, 15) is 0 Å². The van der Waals surface area contributed by atoms with Gasteiger partial charge in [0.2, 0.25) is 0 Å². The zero-order valence-corrected chi connectivity index (χ0v) is 19.5. The number of piperazine rings is 1. The Morgan fingerprint density at radius 2 is 1.69 bits per heavy atom. The number of anilines is 1. The van der Waals surface area contributed by atoms with Crippen molar-refractivity contribution >= 4 is 11.6 Å². The van der Waals surface area contributed by atoms with Crippen molar-refractivity contribution in [3.8, 4) is 0 Å². The van der Waals surface area contributed by atoms with E-state index in [0.717, 1.165) is 71.2 Å². The van der Waals surface area contributed by atoms with Crippen LogP contribution in [-0.2, 0) is 17.8 Å². The molecule has 6 heteroatoms. The summed E-state index contributed by atoms with van der Waals surface area (Å²) in [7, 11) is 1.82. The number of para-hydroxylation sites is 1. The van der Waals surface area contributed by atoms with E-state index in [1.165, 1.54) is 16.8 Å². The Balaban J connectivity index is 1.28. The van der Waals surface area contributed by atoms with Crippen molar-refractivity contribution in [1.29, 1.82) is 0 Å². The topological polar surface area (TPSA) is 52.1 Å². The molecular formula is C26H37N5O. The standard InChI is InChI=1S/C26H37N5O/c1-26(13-8-18-32-26)21-29-25(27-2)28-19-22-9-6-7-10-23(22)20-30-14-16-31(17-15-30)24-11-4-3-5-12-24/h3-7,9-12H,8,13-21H2,1-2H3,(H2,27,28,29). The molecule has 2 N–H and O–H groups in total. The summed E-state index contributed by atoms with van der Waals surface area (Å²) in [5.74, 6) is 0.827. The first-order chi connectivity index (χ1) is 15.6. The van der Waals surface area contributed by atoms with Crippen LogP contribution in [0.4, 0.5) is 5.69 Å². The summed E-state index contributed by atoms with van der Waals surface area (Å²) >= 11 is 0. The lowest BCUT2D eigenvalue weighted by Gasteiger charge is -2.36. The molecule has 2 aromatic carbocycles. The number of hydrogen-bond donors (Lipinski definition) is 2.